The molecular formula is C26H35N3O4. The Labute approximate surface area is 196 Å². The monoisotopic (exact) mass is 453 g/mol. The van der Waals surface area contributed by atoms with Crippen molar-refractivity contribution in [3.63, 3.8) is 0 Å². The normalized spacial score (nSPS) is 15.1. The molecule has 1 saturated heterocycles. The highest BCUT2D eigenvalue weighted by molar-refractivity contribution is 5.98. The van der Waals surface area contributed by atoms with E-state index < -0.39 is 0 Å². The van der Waals surface area contributed by atoms with Crippen LogP contribution in [0.25, 0.3) is 0 Å². The highest BCUT2D eigenvalue weighted by atomic mass is 16.5. The maximum Gasteiger partial charge on any atom is 0.251 e. The highest BCUT2D eigenvalue weighted by Gasteiger charge is 2.17. The van der Waals surface area contributed by atoms with Crippen LogP contribution in [0.3, 0.4) is 0 Å². The Morgan fingerprint density at radius 2 is 1.91 bits per heavy atom. The SMILES string of the molecule is CCCCCCOc1ccc(NCC(=O)Nc2cccc(C(=O)NCC3CCCO3)c2)cc1. The van der Waals surface area contributed by atoms with E-state index in [-0.39, 0.29) is 24.5 Å². The molecule has 0 radical (unpaired) electrons. The van der Waals surface area contributed by atoms with Gasteiger partial charge < -0.3 is 25.4 Å². The van der Waals surface area contributed by atoms with Gasteiger partial charge in [0, 0.05) is 30.1 Å². The van der Waals surface area contributed by atoms with E-state index in [1.165, 1.54) is 19.3 Å². The fourth-order valence-electron chi connectivity index (χ4n) is 3.63. The first-order valence-electron chi connectivity index (χ1n) is 11.9. The van der Waals surface area contributed by atoms with Crippen molar-refractivity contribution >= 4 is 23.2 Å². The molecule has 2 aromatic carbocycles. The topological polar surface area (TPSA) is 88.7 Å². The van der Waals surface area contributed by atoms with Gasteiger partial charge in [-0.3, -0.25) is 9.59 Å². The van der Waals surface area contributed by atoms with Gasteiger partial charge in [0.15, 0.2) is 0 Å². The van der Waals surface area contributed by atoms with Gasteiger partial charge in [-0.05, 0) is 61.7 Å². The summed E-state index contributed by atoms with van der Waals surface area (Å²) in [6, 6.07) is 14.5. The van der Waals surface area contributed by atoms with Crippen molar-refractivity contribution in [3.05, 3.63) is 54.1 Å². The molecule has 1 aliphatic rings. The first-order valence-corrected chi connectivity index (χ1v) is 11.9. The number of ether oxygens (including phenoxy) is 2. The van der Waals surface area contributed by atoms with E-state index >= 15 is 0 Å². The number of carbonyl (C=O) groups is 2. The van der Waals surface area contributed by atoms with Crippen LogP contribution in [0, 0.1) is 0 Å². The summed E-state index contributed by atoms with van der Waals surface area (Å²) in [5.41, 5.74) is 1.92. The maximum atomic E-state index is 12.4. The second-order valence-corrected chi connectivity index (χ2v) is 8.26. The standard InChI is InChI=1S/C26H35N3O4/c1-2-3-4-5-15-32-23-13-11-21(12-14-23)27-19-25(30)29-22-9-6-8-20(17-22)26(31)28-18-24-10-7-16-33-24/h6,8-9,11-14,17,24,27H,2-5,7,10,15-16,18-19H2,1H3,(H,28,31)(H,29,30). The molecule has 3 rings (SSSR count). The van der Waals surface area contributed by atoms with Gasteiger partial charge in [-0.2, -0.15) is 0 Å². The number of hydrogen-bond donors (Lipinski definition) is 3. The third-order valence-corrected chi connectivity index (χ3v) is 5.50. The van der Waals surface area contributed by atoms with Gasteiger partial charge in [-0.1, -0.05) is 32.3 Å². The van der Waals surface area contributed by atoms with Crippen molar-refractivity contribution in [3.8, 4) is 5.75 Å². The molecule has 2 amide bonds. The minimum absolute atomic E-state index is 0.0920. The van der Waals surface area contributed by atoms with E-state index in [0.29, 0.717) is 17.8 Å². The Balaban J connectivity index is 1.39. The van der Waals surface area contributed by atoms with Crippen LogP contribution >= 0.6 is 0 Å². The molecule has 0 aliphatic carbocycles. The number of amides is 2. The van der Waals surface area contributed by atoms with E-state index in [4.69, 9.17) is 9.47 Å². The molecule has 2 aromatic rings. The fourth-order valence-corrected chi connectivity index (χ4v) is 3.63. The zero-order chi connectivity index (χ0) is 23.3. The van der Waals surface area contributed by atoms with Crippen molar-refractivity contribution in [1.29, 1.82) is 0 Å². The van der Waals surface area contributed by atoms with Crippen LogP contribution in [0.1, 0.15) is 55.8 Å². The first kappa shape index (κ1) is 24.6. The van der Waals surface area contributed by atoms with E-state index in [1.54, 1.807) is 24.3 Å². The summed E-state index contributed by atoms with van der Waals surface area (Å²) < 4.78 is 11.3. The van der Waals surface area contributed by atoms with Crippen LogP contribution in [0.2, 0.25) is 0 Å². The minimum atomic E-state index is -0.192. The number of unbranched alkanes of at least 4 members (excludes halogenated alkanes) is 3. The lowest BCUT2D eigenvalue weighted by atomic mass is 10.1. The van der Waals surface area contributed by atoms with Crippen LogP contribution in [-0.4, -0.2) is 44.2 Å². The molecule has 178 valence electrons. The summed E-state index contributed by atoms with van der Waals surface area (Å²) in [7, 11) is 0. The molecule has 1 fully saturated rings. The molecule has 1 aliphatic heterocycles. The molecule has 1 unspecified atom stereocenters. The van der Waals surface area contributed by atoms with Gasteiger partial charge in [-0.15, -0.1) is 0 Å². The molecular weight excluding hydrogens is 418 g/mol. The fraction of sp³-hybridized carbons (Fsp3) is 0.462. The minimum Gasteiger partial charge on any atom is -0.494 e. The van der Waals surface area contributed by atoms with Crippen LogP contribution in [0.4, 0.5) is 11.4 Å². The van der Waals surface area contributed by atoms with Crippen LogP contribution in [0.5, 0.6) is 5.75 Å². The van der Waals surface area contributed by atoms with Gasteiger partial charge >= 0.3 is 0 Å². The van der Waals surface area contributed by atoms with E-state index in [9.17, 15) is 9.59 Å². The van der Waals surface area contributed by atoms with Crippen molar-refractivity contribution in [2.24, 2.45) is 0 Å². The lowest BCUT2D eigenvalue weighted by Crippen LogP contribution is -2.31. The van der Waals surface area contributed by atoms with E-state index in [1.807, 2.05) is 24.3 Å². The largest absolute Gasteiger partial charge is 0.494 e. The molecule has 0 spiro atoms. The Kier molecular flexibility index (Phi) is 10.0. The summed E-state index contributed by atoms with van der Waals surface area (Å²) >= 11 is 0. The van der Waals surface area contributed by atoms with E-state index in [0.717, 1.165) is 43.9 Å². The smallest absolute Gasteiger partial charge is 0.251 e. The quantitative estimate of drug-likeness (QED) is 0.386. The first-order chi connectivity index (χ1) is 16.1. The molecule has 33 heavy (non-hydrogen) atoms. The third-order valence-electron chi connectivity index (χ3n) is 5.50. The summed E-state index contributed by atoms with van der Waals surface area (Å²) in [5, 5.41) is 8.83. The summed E-state index contributed by atoms with van der Waals surface area (Å²) in [4.78, 5) is 24.7. The Bertz CT molecular complexity index is 879. The molecule has 0 aromatic heterocycles. The van der Waals surface area contributed by atoms with Crippen molar-refractivity contribution in [2.75, 3.05) is 36.9 Å². The third kappa shape index (κ3) is 8.77. The molecule has 1 atom stereocenters. The average molecular weight is 454 g/mol. The predicted molar refractivity (Wildman–Crippen MR) is 131 cm³/mol. The highest BCUT2D eigenvalue weighted by Crippen LogP contribution is 2.17. The molecule has 0 bridgehead atoms. The van der Waals surface area contributed by atoms with Crippen LogP contribution in [0.15, 0.2) is 48.5 Å². The number of nitrogens with one attached hydrogen (secondary N) is 3. The number of rotatable bonds is 13. The summed E-state index contributed by atoms with van der Waals surface area (Å²) in [6.07, 6.45) is 6.80. The van der Waals surface area contributed by atoms with Gasteiger partial charge in [0.25, 0.3) is 5.91 Å². The predicted octanol–water partition coefficient (Wildman–Crippen LogP) is 4.61. The Morgan fingerprint density at radius 3 is 2.67 bits per heavy atom. The second-order valence-electron chi connectivity index (χ2n) is 8.26. The molecule has 3 N–H and O–H groups in total. The zero-order valence-corrected chi connectivity index (χ0v) is 19.4. The number of benzene rings is 2. The number of hydrogen-bond acceptors (Lipinski definition) is 5. The molecule has 7 heteroatoms. The summed E-state index contributed by atoms with van der Waals surface area (Å²) in [6.45, 7) is 4.29. The lowest BCUT2D eigenvalue weighted by Gasteiger charge is -2.12. The maximum absolute atomic E-state index is 12.4. The molecule has 1 heterocycles. The molecule has 0 saturated carbocycles. The van der Waals surface area contributed by atoms with Crippen molar-refractivity contribution in [2.45, 2.75) is 51.6 Å². The van der Waals surface area contributed by atoms with Crippen molar-refractivity contribution in [1.82, 2.24) is 5.32 Å². The van der Waals surface area contributed by atoms with Gasteiger partial charge in [0.05, 0.1) is 19.3 Å². The zero-order valence-electron chi connectivity index (χ0n) is 19.4. The van der Waals surface area contributed by atoms with E-state index in [2.05, 4.69) is 22.9 Å². The van der Waals surface area contributed by atoms with Crippen LogP contribution in [-0.2, 0) is 9.53 Å². The van der Waals surface area contributed by atoms with Crippen molar-refractivity contribution < 1.29 is 19.1 Å². The molecule has 7 nitrogen and oxygen atoms in total. The average Bonchev–Trinajstić information content (AvgIpc) is 3.36. The van der Waals surface area contributed by atoms with Gasteiger partial charge in [-0.25, -0.2) is 0 Å². The Hall–Kier alpha value is -3.06. The van der Waals surface area contributed by atoms with Gasteiger partial charge in [0.2, 0.25) is 5.91 Å². The second kappa shape index (κ2) is 13.5. The Morgan fingerprint density at radius 1 is 1.06 bits per heavy atom. The number of carbonyl (C=O) groups excluding carboxylic acids is 2. The van der Waals surface area contributed by atoms with Gasteiger partial charge in [0.1, 0.15) is 5.75 Å². The van der Waals surface area contributed by atoms with Crippen LogP contribution < -0.4 is 20.7 Å². The number of anilines is 2. The summed E-state index contributed by atoms with van der Waals surface area (Å²) in [5.74, 6) is 0.464. The lowest BCUT2D eigenvalue weighted by molar-refractivity contribution is -0.114.